The summed E-state index contributed by atoms with van der Waals surface area (Å²) in [4.78, 5) is 5.29. The molecule has 0 amide bonds. The average Bonchev–Trinajstić information content (AvgIpc) is 2.90. The summed E-state index contributed by atoms with van der Waals surface area (Å²) in [5, 5.41) is 3.96. The maximum Gasteiger partial charge on any atom is 0.124 e. The van der Waals surface area contributed by atoms with E-state index in [0.29, 0.717) is 5.02 Å². The number of nitrogens with zero attached hydrogens (tertiary/aromatic N) is 1. The zero-order valence-electron chi connectivity index (χ0n) is 10.7. The second kappa shape index (κ2) is 6.98. The third kappa shape index (κ3) is 4.00. The molecule has 102 valence electrons. The molecule has 1 unspecified atom stereocenters. The zero-order chi connectivity index (χ0) is 13.7. The number of benzene rings is 1. The van der Waals surface area contributed by atoms with Crippen molar-refractivity contribution in [3.8, 4) is 0 Å². The van der Waals surface area contributed by atoms with Crippen LogP contribution in [0, 0.1) is 5.82 Å². The lowest BCUT2D eigenvalue weighted by molar-refractivity contribution is 0.535. The van der Waals surface area contributed by atoms with E-state index in [1.807, 2.05) is 11.7 Å². The normalized spacial score (nSPS) is 12.6. The highest BCUT2D eigenvalue weighted by Gasteiger charge is 2.15. The van der Waals surface area contributed by atoms with Crippen LogP contribution in [0.2, 0.25) is 5.02 Å². The Hall–Kier alpha value is -0.970. The van der Waals surface area contributed by atoms with Crippen molar-refractivity contribution >= 4 is 22.9 Å². The Labute approximate surface area is 121 Å². The van der Waals surface area contributed by atoms with Gasteiger partial charge >= 0.3 is 0 Å². The van der Waals surface area contributed by atoms with Crippen LogP contribution in [0.4, 0.5) is 4.39 Å². The van der Waals surface area contributed by atoms with Crippen molar-refractivity contribution < 1.29 is 4.39 Å². The molecule has 19 heavy (non-hydrogen) atoms. The molecular formula is C14H16ClFN2S. The van der Waals surface area contributed by atoms with E-state index >= 15 is 0 Å². The summed E-state index contributed by atoms with van der Waals surface area (Å²) < 4.78 is 13.1. The Balaban J connectivity index is 2.15. The Bertz CT molecular complexity index is 516. The molecule has 0 aliphatic rings. The predicted octanol–water partition coefficient (Wildman–Crippen LogP) is 4.22. The molecule has 0 radical (unpaired) electrons. The predicted molar refractivity (Wildman–Crippen MR) is 78.3 cm³/mol. The van der Waals surface area contributed by atoms with Crippen LogP contribution in [0.5, 0.6) is 0 Å². The molecule has 0 bridgehead atoms. The maximum absolute atomic E-state index is 13.1. The fourth-order valence-corrected chi connectivity index (χ4v) is 2.84. The molecule has 0 fully saturated rings. The molecule has 0 aliphatic heterocycles. The molecule has 2 aromatic rings. The highest BCUT2D eigenvalue weighted by atomic mass is 35.5. The van der Waals surface area contributed by atoms with Gasteiger partial charge in [-0.25, -0.2) is 4.39 Å². The minimum atomic E-state index is -0.301. The van der Waals surface area contributed by atoms with E-state index in [4.69, 9.17) is 11.6 Å². The summed E-state index contributed by atoms with van der Waals surface area (Å²) in [6.45, 7) is 3.06. The molecule has 0 saturated carbocycles. The molecule has 1 aromatic heterocycles. The number of thiazole rings is 1. The van der Waals surface area contributed by atoms with Crippen molar-refractivity contribution in [1.82, 2.24) is 10.3 Å². The minimum absolute atomic E-state index is 0.176. The van der Waals surface area contributed by atoms with Crippen LogP contribution in [-0.2, 0) is 6.42 Å². The van der Waals surface area contributed by atoms with Gasteiger partial charge in [-0.05, 0) is 37.1 Å². The van der Waals surface area contributed by atoms with Crippen molar-refractivity contribution in [3.63, 3.8) is 0 Å². The van der Waals surface area contributed by atoms with E-state index < -0.39 is 0 Å². The molecule has 2 rings (SSSR count). The summed E-state index contributed by atoms with van der Waals surface area (Å²) in [5.74, 6) is -0.301. The van der Waals surface area contributed by atoms with Gasteiger partial charge in [0.25, 0.3) is 0 Å². The average molecular weight is 299 g/mol. The SMILES string of the molecule is CCCNC(Cc1ccc(F)cc1Cl)c1cncs1. The topological polar surface area (TPSA) is 24.9 Å². The first-order valence-electron chi connectivity index (χ1n) is 6.26. The van der Waals surface area contributed by atoms with Crippen molar-refractivity contribution in [2.24, 2.45) is 0 Å². The first-order valence-corrected chi connectivity index (χ1v) is 7.52. The first-order chi connectivity index (χ1) is 9.20. The minimum Gasteiger partial charge on any atom is -0.309 e. The third-order valence-corrected chi connectivity index (χ3v) is 4.12. The molecule has 1 aromatic carbocycles. The van der Waals surface area contributed by atoms with Gasteiger partial charge < -0.3 is 5.32 Å². The zero-order valence-corrected chi connectivity index (χ0v) is 12.3. The van der Waals surface area contributed by atoms with Gasteiger partial charge in [-0.2, -0.15) is 0 Å². The first kappa shape index (κ1) is 14.4. The molecule has 1 atom stereocenters. The van der Waals surface area contributed by atoms with E-state index in [-0.39, 0.29) is 11.9 Å². The maximum atomic E-state index is 13.1. The fourth-order valence-electron chi connectivity index (χ4n) is 1.90. The molecule has 1 N–H and O–H groups in total. The highest BCUT2D eigenvalue weighted by molar-refractivity contribution is 7.09. The van der Waals surface area contributed by atoms with Gasteiger partial charge in [0.1, 0.15) is 5.82 Å². The lowest BCUT2D eigenvalue weighted by Gasteiger charge is -2.17. The van der Waals surface area contributed by atoms with Gasteiger partial charge in [0.15, 0.2) is 0 Å². The van der Waals surface area contributed by atoms with Gasteiger partial charge in [0.2, 0.25) is 0 Å². The van der Waals surface area contributed by atoms with Crippen LogP contribution in [0.3, 0.4) is 0 Å². The summed E-state index contributed by atoms with van der Waals surface area (Å²) >= 11 is 7.71. The Morgan fingerprint density at radius 2 is 2.32 bits per heavy atom. The lowest BCUT2D eigenvalue weighted by atomic mass is 10.0. The van der Waals surface area contributed by atoms with Crippen LogP contribution in [-0.4, -0.2) is 11.5 Å². The van der Waals surface area contributed by atoms with Crippen LogP contribution >= 0.6 is 22.9 Å². The summed E-state index contributed by atoms with van der Waals surface area (Å²) in [7, 11) is 0. The Kier molecular flexibility index (Phi) is 5.31. The summed E-state index contributed by atoms with van der Waals surface area (Å²) in [6.07, 6.45) is 3.67. The van der Waals surface area contributed by atoms with E-state index in [9.17, 15) is 4.39 Å². The lowest BCUT2D eigenvalue weighted by Crippen LogP contribution is -2.23. The fraction of sp³-hybridized carbons (Fsp3) is 0.357. The van der Waals surface area contributed by atoms with Crippen LogP contribution < -0.4 is 5.32 Å². The number of hydrogen-bond donors (Lipinski definition) is 1. The summed E-state index contributed by atoms with van der Waals surface area (Å²) in [6, 6.07) is 4.74. The van der Waals surface area contributed by atoms with E-state index in [1.54, 1.807) is 17.4 Å². The largest absolute Gasteiger partial charge is 0.309 e. The molecule has 0 saturated heterocycles. The van der Waals surface area contributed by atoms with E-state index in [2.05, 4.69) is 17.2 Å². The standard InChI is InChI=1S/C14H16ClFN2S/c1-2-5-18-13(14-8-17-9-19-14)6-10-3-4-11(16)7-12(10)15/h3-4,7-9,13,18H,2,5-6H2,1H3. The molecule has 1 heterocycles. The van der Waals surface area contributed by atoms with E-state index in [0.717, 1.165) is 24.9 Å². The van der Waals surface area contributed by atoms with Crippen molar-refractivity contribution in [2.75, 3.05) is 6.54 Å². The Morgan fingerprint density at radius 1 is 1.47 bits per heavy atom. The van der Waals surface area contributed by atoms with Crippen LogP contribution in [0.1, 0.15) is 29.8 Å². The van der Waals surface area contributed by atoms with Crippen LogP contribution in [0.15, 0.2) is 29.9 Å². The number of halogens is 2. The molecule has 2 nitrogen and oxygen atoms in total. The number of rotatable bonds is 6. The Morgan fingerprint density at radius 3 is 2.95 bits per heavy atom. The number of nitrogens with one attached hydrogen (secondary N) is 1. The van der Waals surface area contributed by atoms with Crippen LogP contribution in [0.25, 0.3) is 0 Å². The second-order valence-electron chi connectivity index (χ2n) is 4.35. The number of hydrogen-bond acceptors (Lipinski definition) is 3. The van der Waals surface area contributed by atoms with Gasteiger partial charge in [-0.1, -0.05) is 24.6 Å². The smallest absolute Gasteiger partial charge is 0.124 e. The highest BCUT2D eigenvalue weighted by Crippen LogP contribution is 2.26. The number of aromatic nitrogens is 1. The van der Waals surface area contributed by atoms with Crippen molar-refractivity contribution in [3.05, 3.63) is 51.2 Å². The van der Waals surface area contributed by atoms with Crippen molar-refractivity contribution in [1.29, 1.82) is 0 Å². The van der Waals surface area contributed by atoms with Gasteiger partial charge in [-0.3, -0.25) is 4.98 Å². The van der Waals surface area contributed by atoms with Crippen molar-refractivity contribution in [2.45, 2.75) is 25.8 Å². The molecule has 0 spiro atoms. The van der Waals surface area contributed by atoms with Gasteiger partial charge in [0.05, 0.1) is 5.51 Å². The molecule has 0 aliphatic carbocycles. The van der Waals surface area contributed by atoms with Gasteiger partial charge in [0, 0.05) is 22.1 Å². The third-order valence-electron chi connectivity index (χ3n) is 2.87. The quantitative estimate of drug-likeness (QED) is 0.864. The second-order valence-corrected chi connectivity index (χ2v) is 5.68. The monoisotopic (exact) mass is 298 g/mol. The van der Waals surface area contributed by atoms with Gasteiger partial charge in [-0.15, -0.1) is 11.3 Å². The van der Waals surface area contributed by atoms with E-state index in [1.165, 1.54) is 17.0 Å². The molecular weight excluding hydrogens is 283 g/mol. The molecule has 5 heteroatoms. The summed E-state index contributed by atoms with van der Waals surface area (Å²) in [5.41, 5.74) is 2.77.